The van der Waals surface area contributed by atoms with E-state index in [2.05, 4.69) is 45.5 Å². The Morgan fingerprint density at radius 1 is 0.492 bits per heavy atom. The number of para-hydroxylation sites is 2. The van der Waals surface area contributed by atoms with Crippen molar-refractivity contribution in [1.82, 2.24) is 9.13 Å². The van der Waals surface area contributed by atoms with Crippen LogP contribution in [0.2, 0.25) is 0 Å². The Labute approximate surface area is 359 Å². The Morgan fingerprint density at radius 3 is 1.48 bits per heavy atom. The number of halogens is 3. The summed E-state index contributed by atoms with van der Waals surface area (Å²) in [5, 5.41) is 44.4. The predicted octanol–water partition coefficient (Wildman–Crippen LogP) is 13.5. The molecule has 2 aromatic heterocycles. The molecule has 0 radical (unpaired) electrons. The smallest absolute Gasteiger partial charge is 0.307 e. The van der Waals surface area contributed by atoms with Gasteiger partial charge in [0, 0.05) is 38.6 Å². The molecule has 0 N–H and O–H groups in total. The van der Waals surface area contributed by atoms with Crippen molar-refractivity contribution in [1.29, 1.82) is 21.0 Å². The van der Waals surface area contributed by atoms with Gasteiger partial charge < -0.3 is 9.13 Å². The van der Waals surface area contributed by atoms with E-state index in [0.717, 1.165) is 71.9 Å². The molecule has 7 aromatic carbocycles. The molecule has 9 heteroatoms. The van der Waals surface area contributed by atoms with Crippen LogP contribution in [0.3, 0.4) is 0 Å². The fraction of sp³-hybridized carbons (Fsp3) is 0.0741. The molecule has 2 unspecified atom stereocenters. The van der Waals surface area contributed by atoms with Gasteiger partial charge in [-0.2, -0.15) is 34.2 Å². The van der Waals surface area contributed by atoms with Crippen LogP contribution in [-0.4, -0.2) is 15.3 Å². The van der Waals surface area contributed by atoms with E-state index < -0.39 is 18.0 Å². The molecule has 0 aliphatic heterocycles. The Morgan fingerprint density at radius 2 is 0.984 bits per heavy atom. The molecule has 1 aliphatic rings. The number of alkyl halides is 3. The van der Waals surface area contributed by atoms with Crippen LogP contribution in [0.15, 0.2) is 163 Å². The third-order valence-electron chi connectivity index (χ3n) is 12.3. The average Bonchev–Trinajstić information content (AvgIpc) is 3.82. The molecule has 0 bridgehead atoms. The van der Waals surface area contributed by atoms with Gasteiger partial charge in [-0.05, 0) is 101 Å². The second-order valence-electron chi connectivity index (χ2n) is 15.7. The number of hydrogen-bond acceptors (Lipinski definition) is 4. The lowest BCUT2D eigenvalue weighted by atomic mass is 9.78. The van der Waals surface area contributed by atoms with Gasteiger partial charge in [0.25, 0.3) is 0 Å². The summed E-state index contributed by atoms with van der Waals surface area (Å²) in [7, 11) is 0. The zero-order valence-electron chi connectivity index (χ0n) is 33.5. The van der Waals surface area contributed by atoms with Crippen LogP contribution >= 0.6 is 0 Å². The minimum atomic E-state index is -4.57. The topological polar surface area (TPSA) is 105 Å². The van der Waals surface area contributed by atoms with Crippen molar-refractivity contribution < 1.29 is 13.2 Å². The summed E-state index contributed by atoms with van der Waals surface area (Å²) in [4.78, 5) is 0. The summed E-state index contributed by atoms with van der Waals surface area (Å²) < 4.78 is 47.0. The molecule has 2 atom stereocenters. The summed E-state index contributed by atoms with van der Waals surface area (Å²) in [6.45, 7) is 1.40. The average molecular weight is 821 g/mol. The molecule has 0 saturated heterocycles. The molecule has 0 fully saturated rings. The first-order valence-electron chi connectivity index (χ1n) is 20.2. The Hall–Kier alpha value is -8.63. The summed E-state index contributed by atoms with van der Waals surface area (Å²) >= 11 is 0. The number of aromatic nitrogens is 2. The van der Waals surface area contributed by atoms with E-state index in [1.54, 1.807) is 18.2 Å². The van der Waals surface area contributed by atoms with Crippen molar-refractivity contribution in [2.75, 3.05) is 0 Å². The number of nitriles is 4. The van der Waals surface area contributed by atoms with Gasteiger partial charge in [-0.15, -0.1) is 0 Å². The lowest BCUT2D eigenvalue weighted by molar-refractivity contribution is -0.169. The monoisotopic (exact) mass is 820 g/mol. The maximum atomic E-state index is 14.2. The highest BCUT2D eigenvalue weighted by Crippen LogP contribution is 2.46. The molecule has 1 aliphatic carbocycles. The zero-order valence-corrected chi connectivity index (χ0v) is 33.5. The summed E-state index contributed by atoms with van der Waals surface area (Å²) in [6, 6.07) is 55.6. The largest absolute Gasteiger partial charge is 0.395 e. The molecule has 9 aromatic rings. The molecular formula is C54H31F3N6. The molecule has 0 amide bonds. The van der Waals surface area contributed by atoms with Crippen molar-refractivity contribution in [2.45, 2.75) is 13.1 Å². The highest BCUT2D eigenvalue weighted by molar-refractivity contribution is 6.13. The van der Waals surface area contributed by atoms with E-state index in [-0.39, 0.29) is 16.7 Å². The normalized spacial score (nSPS) is 15.1. The standard InChI is InChI=1S/C54H31F3N6/c1-32-46(31-61)40(18-19-47(32)54(55,56)57)43-27-53(63-49-15-5-3-13-42(49)45-25-38(17-21-51(45)63)36-11-7-9-34(23-36)29-59)52(26-39(43)30-60)62-48-14-4-2-12-41(48)44-24-37(16-20-50(44)62)35-10-6-8-33(22-35)28-58/h2-27,32,47H,1H3. The Bertz CT molecular complexity index is 3650. The van der Waals surface area contributed by atoms with E-state index in [4.69, 9.17) is 0 Å². The number of rotatable bonds is 5. The quantitative estimate of drug-likeness (QED) is 0.172. The molecule has 6 nitrogen and oxygen atoms in total. The van der Waals surface area contributed by atoms with Crippen LogP contribution in [0.25, 0.3) is 82.8 Å². The van der Waals surface area contributed by atoms with Gasteiger partial charge in [-0.3, -0.25) is 0 Å². The number of hydrogen-bond donors (Lipinski definition) is 0. The highest BCUT2D eigenvalue weighted by atomic mass is 19.4. The second-order valence-corrected chi connectivity index (χ2v) is 15.7. The fourth-order valence-electron chi connectivity index (χ4n) is 9.28. The highest BCUT2D eigenvalue weighted by Gasteiger charge is 2.44. The fourth-order valence-corrected chi connectivity index (χ4v) is 9.28. The molecule has 10 rings (SSSR count). The van der Waals surface area contributed by atoms with Crippen LogP contribution in [0.1, 0.15) is 29.2 Å². The van der Waals surface area contributed by atoms with E-state index in [0.29, 0.717) is 28.1 Å². The third kappa shape index (κ3) is 6.23. The lowest BCUT2D eigenvalue weighted by Crippen LogP contribution is -2.30. The van der Waals surface area contributed by atoms with Gasteiger partial charge in [0.15, 0.2) is 0 Å². The van der Waals surface area contributed by atoms with Gasteiger partial charge in [-0.1, -0.05) is 91.9 Å². The SMILES string of the molecule is CC1C(C#N)=C(c2cc(-n3c4ccccc4c4cc(-c5cccc(C#N)c5)ccc43)c(-n3c4ccccc4c4cc(-c5cccc(C#N)c5)ccc43)cc2C#N)C=CC1C(F)(F)F. The first-order valence-corrected chi connectivity index (χ1v) is 20.2. The second kappa shape index (κ2) is 14.8. The molecule has 0 spiro atoms. The van der Waals surface area contributed by atoms with Crippen LogP contribution < -0.4 is 0 Å². The Kier molecular flexibility index (Phi) is 9.07. The summed E-state index contributed by atoms with van der Waals surface area (Å²) in [5.74, 6) is -3.04. The van der Waals surface area contributed by atoms with E-state index >= 15 is 0 Å². The van der Waals surface area contributed by atoms with Gasteiger partial charge in [0.05, 0.1) is 80.3 Å². The number of benzene rings is 7. The van der Waals surface area contributed by atoms with Crippen LogP contribution in [0.4, 0.5) is 13.2 Å². The zero-order chi connectivity index (χ0) is 43.6. The van der Waals surface area contributed by atoms with Gasteiger partial charge >= 0.3 is 6.18 Å². The number of fused-ring (bicyclic) bond motifs is 6. The van der Waals surface area contributed by atoms with Crippen molar-refractivity contribution in [3.05, 3.63) is 186 Å². The minimum absolute atomic E-state index is 0.0497. The van der Waals surface area contributed by atoms with E-state index in [9.17, 15) is 34.2 Å². The molecule has 2 heterocycles. The maximum absolute atomic E-state index is 14.2. The molecular weight excluding hydrogens is 790 g/mol. The van der Waals surface area contributed by atoms with Crippen molar-refractivity contribution in [2.24, 2.45) is 11.8 Å². The van der Waals surface area contributed by atoms with Crippen molar-refractivity contribution in [3.8, 4) is 57.9 Å². The van der Waals surface area contributed by atoms with Gasteiger partial charge in [0.1, 0.15) is 0 Å². The molecule has 0 saturated carbocycles. The van der Waals surface area contributed by atoms with E-state index in [1.807, 2.05) is 115 Å². The third-order valence-corrected chi connectivity index (χ3v) is 12.3. The minimum Gasteiger partial charge on any atom is -0.307 e. The first kappa shape index (κ1) is 38.6. The van der Waals surface area contributed by atoms with Crippen molar-refractivity contribution >= 4 is 49.2 Å². The number of nitrogens with zero attached hydrogens (tertiary/aromatic N) is 6. The van der Waals surface area contributed by atoms with Crippen LogP contribution in [-0.2, 0) is 0 Å². The molecule has 298 valence electrons. The Balaban J connectivity index is 1.31. The predicted molar refractivity (Wildman–Crippen MR) is 241 cm³/mol. The van der Waals surface area contributed by atoms with Crippen LogP contribution in [0.5, 0.6) is 0 Å². The summed E-state index contributed by atoms with van der Waals surface area (Å²) in [5.41, 5.74) is 10.0. The molecule has 63 heavy (non-hydrogen) atoms. The number of allylic oxidation sites excluding steroid dienone is 4. The van der Waals surface area contributed by atoms with Gasteiger partial charge in [0.2, 0.25) is 0 Å². The van der Waals surface area contributed by atoms with Crippen molar-refractivity contribution in [3.63, 3.8) is 0 Å². The lowest BCUT2D eigenvalue weighted by Gasteiger charge is -2.28. The maximum Gasteiger partial charge on any atom is 0.395 e. The summed E-state index contributed by atoms with van der Waals surface area (Å²) in [6.07, 6.45) is -2.13. The van der Waals surface area contributed by atoms with E-state index in [1.165, 1.54) is 13.0 Å². The van der Waals surface area contributed by atoms with Crippen LogP contribution in [0, 0.1) is 57.2 Å². The van der Waals surface area contributed by atoms with Gasteiger partial charge in [-0.25, -0.2) is 0 Å². The first-order chi connectivity index (χ1) is 30.6.